The summed E-state index contributed by atoms with van der Waals surface area (Å²) >= 11 is 3.59. The lowest BCUT2D eigenvalue weighted by molar-refractivity contribution is 0.147. The molecule has 2 heterocycles. The van der Waals surface area contributed by atoms with Crippen molar-refractivity contribution >= 4 is 15.9 Å². The third kappa shape index (κ3) is 2.19. The highest BCUT2D eigenvalue weighted by Crippen LogP contribution is 2.45. The highest BCUT2D eigenvalue weighted by Gasteiger charge is 2.39. The molecule has 0 amide bonds. The van der Waals surface area contributed by atoms with Gasteiger partial charge in [-0.05, 0) is 44.1 Å². The molecule has 0 aliphatic carbocycles. The zero-order chi connectivity index (χ0) is 12.5. The Labute approximate surface area is 117 Å². The molecule has 2 atom stereocenters. The summed E-state index contributed by atoms with van der Waals surface area (Å²) in [4.78, 5) is 2.65. The summed E-state index contributed by atoms with van der Waals surface area (Å²) in [7, 11) is 0. The SMILES string of the molecule is CCCCN1CC[C@H]2COc3ccc(Br)cc3[C@H]21. The van der Waals surface area contributed by atoms with E-state index in [0.717, 1.165) is 16.8 Å². The summed E-state index contributed by atoms with van der Waals surface area (Å²) in [5.41, 5.74) is 1.38. The fourth-order valence-electron chi connectivity index (χ4n) is 3.24. The zero-order valence-corrected chi connectivity index (χ0v) is 12.4. The standard InChI is InChI=1S/C15H20BrNO/c1-2-3-7-17-8-6-11-10-18-14-5-4-12(16)9-13(14)15(11)17/h4-5,9,11,15H,2-3,6-8,10H2,1H3/t11-,15-/m0/s1. The first-order valence-corrected chi connectivity index (χ1v) is 7.75. The predicted octanol–water partition coefficient (Wildman–Crippen LogP) is 4.00. The molecule has 1 aromatic rings. The van der Waals surface area contributed by atoms with Gasteiger partial charge in [-0.15, -0.1) is 0 Å². The first kappa shape index (κ1) is 12.5. The molecule has 2 nitrogen and oxygen atoms in total. The van der Waals surface area contributed by atoms with Gasteiger partial charge in [0.2, 0.25) is 0 Å². The molecular formula is C15H20BrNO. The summed E-state index contributed by atoms with van der Waals surface area (Å²) in [6.07, 6.45) is 3.85. The topological polar surface area (TPSA) is 12.5 Å². The van der Waals surface area contributed by atoms with Gasteiger partial charge in [0.25, 0.3) is 0 Å². The average Bonchev–Trinajstić information content (AvgIpc) is 2.79. The minimum absolute atomic E-state index is 0.581. The molecule has 0 saturated carbocycles. The number of fused-ring (bicyclic) bond motifs is 3. The summed E-state index contributed by atoms with van der Waals surface area (Å²) in [5.74, 6) is 1.77. The normalized spacial score (nSPS) is 26.6. The first-order chi connectivity index (χ1) is 8.79. The Morgan fingerprint density at radius 2 is 2.33 bits per heavy atom. The lowest BCUT2D eigenvalue weighted by Crippen LogP contribution is -2.31. The molecule has 0 bridgehead atoms. The van der Waals surface area contributed by atoms with Crippen LogP contribution in [0.2, 0.25) is 0 Å². The molecule has 98 valence electrons. The third-order valence-electron chi connectivity index (χ3n) is 4.17. The lowest BCUT2D eigenvalue weighted by atomic mass is 9.91. The number of ether oxygens (including phenoxy) is 1. The Kier molecular flexibility index (Phi) is 3.62. The van der Waals surface area contributed by atoms with Crippen molar-refractivity contribution in [1.29, 1.82) is 0 Å². The van der Waals surface area contributed by atoms with Gasteiger partial charge in [0.15, 0.2) is 0 Å². The highest BCUT2D eigenvalue weighted by molar-refractivity contribution is 9.10. The monoisotopic (exact) mass is 309 g/mol. The van der Waals surface area contributed by atoms with Gasteiger partial charge < -0.3 is 4.74 Å². The fraction of sp³-hybridized carbons (Fsp3) is 0.600. The van der Waals surface area contributed by atoms with E-state index in [-0.39, 0.29) is 0 Å². The van der Waals surface area contributed by atoms with Gasteiger partial charge in [0.05, 0.1) is 6.61 Å². The summed E-state index contributed by atoms with van der Waals surface area (Å²) < 4.78 is 7.06. The van der Waals surface area contributed by atoms with Crippen molar-refractivity contribution in [2.24, 2.45) is 5.92 Å². The van der Waals surface area contributed by atoms with Gasteiger partial charge in [-0.3, -0.25) is 4.90 Å². The van der Waals surface area contributed by atoms with Crippen molar-refractivity contribution in [3.63, 3.8) is 0 Å². The maximum absolute atomic E-state index is 5.90. The van der Waals surface area contributed by atoms with E-state index in [0.29, 0.717) is 12.0 Å². The number of unbranched alkanes of at least 4 members (excludes halogenated alkanes) is 1. The van der Waals surface area contributed by atoms with Gasteiger partial charge in [-0.25, -0.2) is 0 Å². The van der Waals surface area contributed by atoms with E-state index in [4.69, 9.17) is 4.74 Å². The summed E-state index contributed by atoms with van der Waals surface area (Å²) in [5, 5.41) is 0. The second-order valence-corrected chi connectivity index (χ2v) is 6.29. The number of nitrogens with zero attached hydrogens (tertiary/aromatic N) is 1. The number of hydrogen-bond donors (Lipinski definition) is 0. The van der Waals surface area contributed by atoms with Crippen molar-refractivity contribution < 1.29 is 4.74 Å². The third-order valence-corrected chi connectivity index (χ3v) is 4.66. The first-order valence-electron chi connectivity index (χ1n) is 6.96. The van der Waals surface area contributed by atoms with Crippen LogP contribution in [-0.2, 0) is 0 Å². The van der Waals surface area contributed by atoms with E-state index >= 15 is 0 Å². The van der Waals surface area contributed by atoms with Gasteiger partial charge >= 0.3 is 0 Å². The fourth-order valence-corrected chi connectivity index (χ4v) is 3.62. The maximum Gasteiger partial charge on any atom is 0.124 e. The molecule has 0 unspecified atom stereocenters. The number of benzene rings is 1. The maximum atomic E-state index is 5.90. The van der Waals surface area contributed by atoms with E-state index in [1.165, 1.54) is 37.9 Å². The molecule has 1 saturated heterocycles. The smallest absolute Gasteiger partial charge is 0.124 e. The number of likely N-dealkylation sites (tertiary alicyclic amines) is 1. The van der Waals surface area contributed by atoms with Gasteiger partial charge in [0, 0.05) is 22.0 Å². The van der Waals surface area contributed by atoms with Crippen LogP contribution in [0.3, 0.4) is 0 Å². The van der Waals surface area contributed by atoms with E-state index in [2.05, 4.69) is 46.0 Å². The van der Waals surface area contributed by atoms with E-state index in [1.54, 1.807) is 0 Å². The molecule has 18 heavy (non-hydrogen) atoms. The molecule has 0 N–H and O–H groups in total. The van der Waals surface area contributed by atoms with Crippen LogP contribution in [0.5, 0.6) is 5.75 Å². The molecule has 1 fully saturated rings. The van der Waals surface area contributed by atoms with Crippen LogP contribution < -0.4 is 4.74 Å². The van der Waals surface area contributed by atoms with Crippen molar-refractivity contribution in [1.82, 2.24) is 4.90 Å². The van der Waals surface area contributed by atoms with Crippen LogP contribution in [0.25, 0.3) is 0 Å². The van der Waals surface area contributed by atoms with Crippen molar-refractivity contribution in [2.75, 3.05) is 19.7 Å². The molecule has 0 radical (unpaired) electrons. The van der Waals surface area contributed by atoms with Gasteiger partial charge in [-0.1, -0.05) is 29.3 Å². The van der Waals surface area contributed by atoms with E-state index in [1.807, 2.05) is 0 Å². The van der Waals surface area contributed by atoms with Crippen LogP contribution >= 0.6 is 15.9 Å². The van der Waals surface area contributed by atoms with Crippen LogP contribution in [0.15, 0.2) is 22.7 Å². The largest absolute Gasteiger partial charge is 0.493 e. The molecule has 3 rings (SSSR count). The molecule has 0 aromatic heterocycles. The van der Waals surface area contributed by atoms with Gasteiger partial charge in [-0.2, -0.15) is 0 Å². The quantitative estimate of drug-likeness (QED) is 0.836. The molecule has 1 aromatic carbocycles. The Morgan fingerprint density at radius 3 is 3.17 bits per heavy atom. The van der Waals surface area contributed by atoms with Crippen LogP contribution in [0, 0.1) is 5.92 Å². The molecule has 2 aliphatic heterocycles. The molecule has 2 aliphatic rings. The minimum Gasteiger partial charge on any atom is -0.493 e. The number of halogens is 1. The van der Waals surface area contributed by atoms with Crippen LogP contribution in [0.1, 0.15) is 37.8 Å². The Hall–Kier alpha value is -0.540. The van der Waals surface area contributed by atoms with Crippen molar-refractivity contribution in [2.45, 2.75) is 32.2 Å². The molecular weight excluding hydrogens is 290 g/mol. The second kappa shape index (κ2) is 5.22. The Morgan fingerprint density at radius 1 is 1.44 bits per heavy atom. The second-order valence-electron chi connectivity index (χ2n) is 5.38. The van der Waals surface area contributed by atoms with E-state index in [9.17, 15) is 0 Å². The summed E-state index contributed by atoms with van der Waals surface area (Å²) in [6, 6.07) is 7.00. The predicted molar refractivity (Wildman–Crippen MR) is 77.0 cm³/mol. The minimum atomic E-state index is 0.581. The number of hydrogen-bond acceptors (Lipinski definition) is 2. The summed E-state index contributed by atoms with van der Waals surface area (Å²) in [6.45, 7) is 5.61. The molecule has 0 spiro atoms. The Bertz CT molecular complexity index is 435. The number of rotatable bonds is 3. The molecule has 3 heteroatoms. The van der Waals surface area contributed by atoms with Crippen LogP contribution in [0.4, 0.5) is 0 Å². The highest BCUT2D eigenvalue weighted by atomic mass is 79.9. The van der Waals surface area contributed by atoms with Gasteiger partial charge in [0.1, 0.15) is 5.75 Å². The average molecular weight is 310 g/mol. The Balaban J connectivity index is 1.89. The zero-order valence-electron chi connectivity index (χ0n) is 10.9. The van der Waals surface area contributed by atoms with E-state index < -0.39 is 0 Å². The lowest BCUT2D eigenvalue weighted by Gasteiger charge is -2.34. The van der Waals surface area contributed by atoms with Crippen molar-refractivity contribution in [3.05, 3.63) is 28.2 Å². The van der Waals surface area contributed by atoms with Crippen molar-refractivity contribution in [3.8, 4) is 5.75 Å². The van der Waals surface area contributed by atoms with Crippen LogP contribution in [-0.4, -0.2) is 24.6 Å².